The van der Waals surface area contributed by atoms with Crippen LogP contribution in [-0.2, 0) is 17.5 Å². The van der Waals surface area contributed by atoms with E-state index in [9.17, 15) is 13.2 Å². The van der Waals surface area contributed by atoms with Gasteiger partial charge < -0.3 is 10.1 Å². The van der Waals surface area contributed by atoms with Crippen LogP contribution in [0.1, 0.15) is 11.3 Å². The molecule has 1 heterocycles. The lowest BCUT2D eigenvalue weighted by Gasteiger charge is -2.07. The van der Waals surface area contributed by atoms with E-state index in [1.54, 1.807) is 18.0 Å². The van der Waals surface area contributed by atoms with Crippen LogP contribution < -0.4 is 5.32 Å². The number of hydrogen-bond donors (Lipinski definition) is 1. The van der Waals surface area contributed by atoms with Gasteiger partial charge in [-0.15, -0.1) is 0 Å². The molecule has 1 aromatic heterocycles. The Morgan fingerprint density at radius 2 is 1.90 bits per heavy atom. The average Bonchev–Trinajstić information content (AvgIpc) is 2.92. The zero-order valence-corrected chi connectivity index (χ0v) is 11.5. The van der Waals surface area contributed by atoms with Gasteiger partial charge in [-0.3, -0.25) is 0 Å². The monoisotopic (exact) mass is 299 g/mol. The molecule has 0 saturated heterocycles. The fourth-order valence-electron chi connectivity index (χ4n) is 1.79. The summed E-state index contributed by atoms with van der Waals surface area (Å²) in [5.74, 6) is 0. The van der Waals surface area contributed by atoms with Gasteiger partial charge in [-0.2, -0.15) is 18.3 Å². The van der Waals surface area contributed by atoms with Crippen LogP contribution in [0.15, 0.2) is 36.5 Å². The molecule has 0 unspecified atom stereocenters. The van der Waals surface area contributed by atoms with Crippen molar-refractivity contribution in [2.24, 2.45) is 0 Å². The van der Waals surface area contributed by atoms with Gasteiger partial charge in [0.25, 0.3) is 0 Å². The molecule has 0 bridgehead atoms. The van der Waals surface area contributed by atoms with Gasteiger partial charge in [0.1, 0.15) is 0 Å². The van der Waals surface area contributed by atoms with E-state index in [0.29, 0.717) is 25.4 Å². The third kappa shape index (κ3) is 4.30. The minimum absolute atomic E-state index is 0.580. The molecule has 114 valence electrons. The quantitative estimate of drug-likeness (QED) is 0.833. The predicted molar refractivity (Wildman–Crippen MR) is 72.1 cm³/mol. The summed E-state index contributed by atoms with van der Waals surface area (Å²) >= 11 is 0. The molecule has 1 aromatic carbocycles. The van der Waals surface area contributed by atoms with Crippen molar-refractivity contribution >= 4 is 0 Å². The normalized spacial score (nSPS) is 11.8. The van der Waals surface area contributed by atoms with Crippen molar-refractivity contribution in [3.05, 3.63) is 47.8 Å². The third-order valence-electron chi connectivity index (χ3n) is 2.89. The molecule has 0 atom stereocenters. The van der Waals surface area contributed by atoms with Crippen LogP contribution >= 0.6 is 0 Å². The number of ether oxygens (including phenoxy) is 1. The Hall–Kier alpha value is -1.86. The van der Waals surface area contributed by atoms with Crippen molar-refractivity contribution in [1.82, 2.24) is 15.1 Å². The Bertz CT molecular complexity index is 564. The fourth-order valence-corrected chi connectivity index (χ4v) is 1.79. The highest BCUT2D eigenvalue weighted by atomic mass is 19.4. The molecule has 2 rings (SSSR count). The zero-order valence-electron chi connectivity index (χ0n) is 11.5. The molecular formula is C14H16F3N3O. The molecule has 7 heteroatoms. The molecule has 0 amide bonds. The molecule has 1 N–H and O–H groups in total. The number of methoxy groups -OCH3 is 1. The van der Waals surface area contributed by atoms with Gasteiger partial charge >= 0.3 is 6.18 Å². The van der Waals surface area contributed by atoms with E-state index >= 15 is 0 Å². The maximum atomic E-state index is 12.5. The van der Waals surface area contributed by atoms with E-state index in [0.717, 1.165) is 17.8 Å². The number of rotatable bonds is 6. The van der Waals surface area contributed by atoms with Gasteiger partial charge in [-0.25, -0.2) is 4.68 Å². The van der Waals surface area contributed by atoms with E-state index in [4.69, 9.17) is 4.74 Å². The van der Waals surface area contributed by atoms with Gasteiger partial charge in [0.05, 0.1) is 23.6 Å². The first-order chi connectivity index (χ1) is 10.0. The first kappa shape index (κ1) is 15.5. The van der Waals surface area contributed by atoms with Crippen molar-refractivity contribution < 1.29 is 17.9 Å². The van der Waals surface area contributed by atoms with Crippen LogP contribution in [0, 0.1) is 0 Å². The van der Waals surface area contributed by atoms with E-state index in [1.165, 1.54) is 12.1 Å². The van der Waals surface area contributed by atoms with E-state index < -0.39 is 11.7 Å². The maximum Gasteiger partial charge on any atom is 0.416 e. The highest BCUT2D eigenvalue weighted by molar-refractivity contribution is 5.35. The van der Waals surface area contributed by atoms with Gasteiger partial charge in [0.2, 0.25) is 0 Å². The second-order valence-electron chi connectivity index (χ2n) is 4.47. The van der Waals surface area contributed by atoms with Crippen molar-refractivity contribution in [3.8, 4) is 5.69 Å². The molecule has 0 aliphatic rings. The van der Waals surface area contributed by atoms with E-state index in [2.05, 4.69) is 10.4 Å². The highest BCUT2D eigenvalue weighted by Gasteiger charge is 2.29. The summed E-state index contributed by atoms with van der Waals surface area (Å²) in [5, 5.41) is 7.45. The smallest absolute Gasteiger partial charge is 0.383 e. The first-order valence-corrected chi connectivity index (χ1v) is 6.42. The Labute approximate surface area is 120 Å². The molecule has 2 aromatic rings. The van der Waals surface area contributed by atoms with Crippen LogP contribution in [0.4, 0.5) is 13.2 Å². The molecule has 4 nitrogen and oxygen atoms in total. The van der Waals surface area contributed by atoms with Crippen molar-refractivity contribution in [1.29, 1.82) is 0 Å². The lowest BCUT2D eigenvalue weighted by Crippen LogP contribution is -2.18. The summed E-state index contributed by atoms with van der Waals surface area (Å²) in [7, 11) is 1.63. The third-order valence-corrected chi connectivity index (χ3v) is 2.89. The predicted octanol–water partition coefficient (Wildman–Crippen LogP) is 2.63. The molecule has 0 spiro atoms. The number of benzene rings is 1. The van der Waals surface area contributed by atoms with Crippen LogP contribution in [0.2, 0.25) is 0 Å². The summed E-state index contributed by atoms with van der Waals surface area (Å²) in [6, 6.07) is 6.72. The van der Waals surface area contributed by atoms with E-state index in [1.807, 2.05) is 6.07 Å². The van der Waals surface area contributed by atoms with Crippen LogP contribution in [0.25, 0.3) is 5.69 Å². The minimum Gasteiger partial charge on any atom is -0.383 e. The van der Waals surface area contributed by atoms with Crippen molar-refractivity contribution in [2.75, 3.05) is 20.3 Å². The van der Waals surface area contributed by atoms with Crippen LogP contribution in [-0.4, -0.2) is 30.0 Å². The number of aromatic nitrogens is 2. The van der Waals surface area contributed by atoms with Crippen molar-refractivity contribution in [3.63, 3.8) is 0 Å². The Morgan fingerprint density at radius 3 is 2.52 bits per heavy atom. The summed E-state index contributed by atoms with van der Waals surface area (Å²) in [6.07, 6.45) is -2.60. The zero-order chi connectivity index (χ0) is 15.3. The summed E-state index contributed by atoms with van der Waals surface area (Å²) in [5.41, 5.74) is 0.733. The van der Waals surface area contributed by atoms with Crippen LogP contribution in [0.5, 0.6) is 0 Å². The average molecular weight is 299 g/mol. The first-order valence-electron chi connectivity index (χ1n) is 6.42. The number of hydrogen-bond acceptors (Lipinski definition) is 3. The highest BCUT2D eigenvalue weighted by Crippen LogP contribution is 2.29. The molecule has 0 aliphatic heterocycles. The van der Waals surface area contributed by atoms with Gasteiger partial charge in [-0.1, -0.05) is 0 Å². The summed E-state index contributed by atoms with van der Waals surface area (Å²) in [6.45, 7) is 1.90. The van der Waals surface area contributed by atoms with Gasteiger partial charge in [-0.05, 0) is 30.3 Å². The lowest BCUT2D eigenvalue weighted by molar-refractivity contribution is -0.137. The molecule has 0 radical (unpaired) electrons. The van der Waals surface area contributed by atoms with Crippen molar-refractivity contribution in [2.45, 2.75) is 12.7 Å². The molecular weight excluding hydrogens is 283 g/mol. The lowest BCUT2D eigenvalue weighted by atomic mass is 10.2. The molecule has 0 fully saturated rings. The minimum atomic E-state index is -4.32. The fraction of sp³-hybridized carbons (Fsp3) is 0.357. The summed E-state index contributed by atoms with van der Waals surface area (Å²) in [4.78, 5) is 0. The van der Waals surface area contributed by atoms with Crippen LogP contribution in [0.3, 0.4) is 0 Å². The Kier molecular flexibility index (Phi) is 4.98. The number of nitrogens with one attached hydrogen (secondary N) is 1. The Balaban J connectivity index is 2.00. The Morgan fingerprint density at radius 1 is 1.19 bits per heavy atom. The molecule has 21 heavy (non-hydrogen) atoms. The molecule has 0 aliphatic carbocycles. The number of alkyl halides is 3. The van der Waals surface area contributed by atoms with Gasteiger partial charge in [0.15, 0.2) is 0 Å². The number of nitrogens with zero attached hydrogens (tertiary/aromatic N) is 2. The second kappa shape index (κ2) is 6.73. The standard InChI is InChI=1S/C14H16F3N3O/c1-21-9-7-18-10-12-6-8-20(19-12)13-4-2-11(3-5-13)14(15,16)17/h2-6,8,18H,7,9-10H2,1H3. The number of halogens is 3. The molecule has 0 saturated carbocycles. The topological polar surface area (TPSA) is 39.1 Å². The SMILES string of the molecule is COCCNCc1ccn(-c2ccc(C(F)(F)F)cc2)n1. The maximum absolute atomic E-state index is 12.5. The summed E-state index contributed by atoms with van der Waals surface area (Å²) < 4.78 is 43.9. The largest absolute Gasteiger partial charge is 0.416 e. The van der Waals surface area contributed by atoms with Gasteiger partial charge in [0, 0.05) is 26.4 Å². The second-order valence-corrected chi connectivity index (χ2v) is 4.47. The van der Waals surface area contributed by atoms with E-state index in [-0.39, 0.29) is 0 Å².